The van der Waals surface area contributed by atoms with E-state index in [4.69, 9.17) is 15.0 Å². The van der Waals surface area contributed by atoms with Gasteiger partial charge in [-0.25, -0.2) is 9.97 Å². The molecule has 0 aliphatic carbocycles. The minimum absolute atomic E-state index is 0.448. The largest absolute Gasteiger partial charge is 0.354 e. The monoisotopic (exact) mass is 753 g/mol. The van der Waals surface area contributed by atoms with E-state index in [-0.39, 0.29) is 0 Å². The molecule has 0 atom stereocenters. The lowest BCUT2D eigenvalue weighted by atomic mass is 9.84. The molecule has 8 bridgehead atoms. The SMILES string of the molecule is CC1(C)N=C(c2ccc(-c3c4nc(c(-c5ccccc5)c5ccc([nH]5)c(-c5ccccc5)c5nc(c(-c6ccccc6)c6ccc3[nH]6)C=C5)C=C4)cc2)N([O])C1(C)C. The third-order valence-electron chi connectivity index (χ3n) is 12.0. The van der Waals surface area contributed by atoms with Gasteiger partial charge in [-0.15, -0.1) is 0 Å². The van der Waals surface area contributed by atoms with E-state index >= 15 is 0 Å². The molecule has 281 valence electrons. The number of rotatable bonds is 5. The van der Waals surface area contributed by atoms with Gasteiger partial charge >= 0.3 is 0 Å². The summed E-state index contributed by atoms with van der Waals surface area (Å²) in [6.07, 6.45) is 8.44. The fraction of sp³-hybridized carbons (Fsp3) is 0.118. The van der Waals surface area contributed by atoms with Crippen LogP contribution in [0, 0.1) is 0 Å². The summed E-state index contributed by atoms with van der Waals surface area (Å²) in [5, 5.41) is 14.6. The Morgan fingerprint density at radius 3 is 1.03 bits per heavy atom. The minimum Gasteiger partial charge on any atom is -0.354 e. The van der Waals surface area contributed by atoms with Crippen LogP contribution >= 0.6 is 0 Å². The lowest BCUT2D eigenvalue weighted by Crippen LogP contribution is -2.50. The Kier molecular flexibility index (Phi) is 8.25. The molecule has 3 aliphatic rings. The zero-order valence-corrected chi connectivity index (χ0v) is 32.8. The summed E-state index contributed by atoms with van der Waals surface area (Å²) in [6, 6.07) is 48.0. The number of benzene rings is 4. The molecule has 0 amide bonds. The van der Waals surface area contributed by atoms with Crippen molar-refractivity contribution in [1.29, 1.82) is 0 Å². The number of hydrogen-bond donors (Lipinski definition) is 2. The predicted molar refractivity (Wildman–Crippen MR) is 238 cm³/mol. The average molecular weight is 754 g/mol. The second-order valence-electron chi connectivity index (χ2n) is 16.0. The van der Waals surface area contributed by atoms with Gasteiger partial charge in [0.2, 0.25) is 0 Å². The van der Waals surface area contributed by atoms with Gasteiger partial charge in [0.15, 0.2) is 5.84 Å². The van der Waals surface area contributed by atoms with Gasteiger partial charge in [-0.2, -0.15) is 5.06 Å². The van der Waals surface area contributed by atoms with Crippen LogP contribution in [0.2, 0.25) is 0 Å². The quantitative estimate of drug-likeness (QED) is 0.183. The summed E-state index contributed by atoms with van der Waals surface area (Å²) in [7, 11) is 0. The summed E-state index contributed by atoms with van der Waals surface area (Å²) in [5.41, 5.74) is 14.8. The van der Waals surface area contributed by atoms with Crippen LogP contribution in [-0.4, -0.2) is 41.9 Å². The number of H-pyrrole nitrogens is 2. The van der Waals surface area contributed by atoms with E-state index in [9.17, 15) is 5.21 Å². The molecule has 0 saturated carbocycles. The molecule has 0 unspecified atom stereocenters. The van der Waals surface area contributed by atoms with Gasteiger partial charge in [0.25, 0.3) is 0 Å². The van der Waals surface area contributed by atoms with Crippen LogP contribution in [0.4, 0.5) is 0 Å². The van der Waals surface area contributed by atoms with Crippen molar-refractivity contribution in [3.63, 3.8) is 0 Å². The van der Waals surface area contributed by atoms with Gasteiger partial charge in [-0.1, -0.05) is 120 Å². The van der Waals surface area contributed by atoms with Crippen molar-refractivity contribution in [1.82, 2.24) is 25.0 Å². The van der Waals surface area contributed by atoms with Crippen LogP contribution in [0.3, 0.4) is 0 Å². The van der Waals surface area contributed by atoms with Crippen LogP contribution in [0.25, 0.3) is 90.9 Å². The van der Waals surface area contributed by atoms with Crippen LogP contribution in [0.1, 0.15) is 56.0 Å². The van der Waals surface area contributed by atoms with Crippen LogP contribution < -0.4 is 0 Å². The summed E-state index contributed by atoms with van der Waals surface area (Å²) < 4.78 is 0. The summed E-state index contributed by atoms with van der Waals surface area (Å²) in [4.78, 5) is 23.3. The van der Waals surface area contributed by atoms with E-state index in [1.807, 2.05) is 58.0 Å². The Labute approximate surface area is 337 Å². The first-order valence-corrected chi connectivity index (χ1v) is 19.7. The maximum absolute atomic E-state index is 13.5. The van der Waals surface area contributed by atoms with Gasteiger partial charge in [0.1, 0.15) is 0 Å². The molecule has 58 heavy (non-hydrogen) atoms. The number of nitrogens with zero attached hydrogens (tertiary/aromatic N) is 4. The zero-order chi connectivity index (χ0) is 39.6. The van der Waals surface area contributed by atoms with Crippen LogP contribution in [-0.2, 0) is 5.21 Å². The third kappa shape index (κ3) is 5.82. The second-order valence-corrected chi connectivity index (χ2v) is 16.0. The topological polar surface area (TPSA) is 92.9 Å². The average Bonchev–Trinajstić information content (AvgIpc) is 4.10. The van der Waals surface area contributed by atoms with Gasteiger partial charge in [-0.3, -0.25) is 4.99 Å². The third-order valence-corrected chi connectivity index (χ3v) is 12.0. The normalized spacial score (nSPS) is 15.2. The highest BCUT2D eigenvalue weighted by molar-refractivity contribution is 6.02. The molecule has 3 aromatic heterocycles. The standard InChI is InChI=1S/C51H41N6O/c1-50(2)51(3,4)57(58)49(56-50)36-22-20-35(21-23-36)48-43-30-28-41(54-43)46(33-16-10-6-11-17-33)39-26-24-37(52-39)45(32-14-8-5-9-15-32)38-25-27-40(53-38)47(34-18-12-7-13-19-34)42-29-31-44(48)55-42/h5-31,52,55H,1-4H3. The van der Waals surface area contributed by atoms with Crippen molar-refractivity contribution in [3.05, 3.63) is 168 Å². The number of fused-ring (bicyclic) bond motifs is 8. The molecule has 3 aliphatic heterocycles. The molecule has 4 aromatic carbocycles. The Morgan fingerprint density at radius 1 is 0.414 bits per heavy atom. The molecule has 1 radical (unpaired) electrons. The summed E-state index contributed by atoms with van der Waals surface area (Å²) in [5.74, 6) is 0.448. The molecule has 2 N–H and O–H groups in total. The molecule has 0 spiro atoms. The highest BCUT2D eigenvalue weighted by atomic mass is 16.5. The molecule has 0 saturated heterocycles. The van der Waals surface area contributed by atoms with E-state index in [1.165, 1.54) is 0 Å². The second kappa shape index (κ2) is 13.5. The van der Waals surface area contributed by atoms with E-state index in [2.05, 4.69) is 143 Å². The maximum Gasteiger partial charge on any atom is 0.159 e. The molecular formula is C51H41N6O. The van der Waals surface area contributed by atoms with Crippen molar-refractivity contribution >= 4 is 52.2 Å². The Bertz CT molecular complexity index is 2950. The number of amidine groups is 1. The molecule has 10 rings (SSSR count). The first-order valence-electron chi connectivity index (χ1n) is 19.7. The molecular weight excluding hydrogens is 713 g/mol. The number of aromatic amines is 2. The van der Waals surface area contributed by atoms with Crippen LogP contribution in [0.5, 0.6) is 0 Å². The first kappa shape index (κ1) is 35.3. The first-order chi connectivity index (χ1) is 28.2. The molecule has 7 nitrogen and oxygen atoms in total. The Balaban J connectivity index is 1.30. The zero-order valence-electron chi connectivity index (χ0n) is 32.8. The number of nitrogens with one attached hydrogen (secondary N) is 2. The number of hydroxylamine groups is 2. The van der Waals surface area contributed by atoms with E-state index < -0.39 is 11.1 Å². The molecule has 7 heteroatoms. The summed E-state index contributed by atoms with van der Waals surface area (Å²) >= 11 is 0. The van der Waals surface area contributed by atoms with E-state index in [0.29, 0.717) is 5.84 Å². The fourth-order valence-corrected chi connectivity index (χ4v) is 8.16. The van der Waals surface area contributed by atoms with Crippen molar-refractivity contribution in [3.8, 4) is 44.5 Å². The van der Waals surface area contributed by atoms with Gasteiger partial charge < -0.3 is 9.97 Å². The number of aliphatic imine (C=N–C) groups is 1. The molecule has 6 heterocycles. The lowest BCUT2D eigenvalue weighted by Gasteiger charge is -2.35. The highest BCUT2D eigenvalue weighted by Crippen LogP contribution is 2.40. The van der Waals surface area contributed by atoms with Gasteiger partial charge in [-0.05, 0) is 98.5 Å². The Morgan fingerprint density at radius 2 is 0.724 bits per heavy atom. The molecule has 0 fully saturated rings. The van der Waals surface area contributed by atoms with Crippen molar-refractivity contribution in [2.45, 2.75) is 38.8 Å². The van der Waals surface area contributed by atoms with Crippen molar-refractivity contribution < 1.29 is 5.21 Å². The minimum atomic E-state index is -0.673. The maximum atomic E-state index is 13.5. The van der Waals surface area contributed by atoms with Crippen molar-refractivity contribution in [2.24, 2.45) is 4.99 Å². The van der Waals surface area contributed by atoms with E-state index in [0.717, 1.165) is 100.0 Å². The number of aromatic nitrogens is 4. The van der Waals surface area contributed by atoms with Crippen LogP contribution in [0.15, 0.2) is 145 Å². The molecule has 7 aromatic rings. The Hall–Kier alpha value is -7.09. The van der Waals surface area contributed by atoms with E-state index in [1.54, 1.807) is 0 Å². The summed E-state index contributed by atoms with van der Waals surface area (Å²) in [6.45, 7) is 7.92. The highest BCUT2D eigenvalue weighted by Gasteiger charge is 2.50. The number of hydrogen-bond acceptors (Lipinski definition) is 4. The van der Waals surface area contributed by atoms with Gasteiger partial charge in [0.05, 0.1) is 33.9 Å². The van der Waals surface area contributed by atoms with Gasteiger partial charge in [0, 0.05) is 49.9 Å². The van der Waals surface area contributed by atoms with Crippen molar-refractivity contribution in [2.75, 3.05) is 0 Å². The smallest absolute Gasteiger partial charge is 0.159 e. The lowest BCUT2D eigenvalue weighted by molar-refractivity contribution is -0.158. The fourth-order valence-electron chi connectivity index (χ4n) is 8.16. The predicted octanol–water partition coefficient (Wildman–Crippen LogP) is 12.3.